The zero-order valence-electron chi connectivity index (χ0n) is 22.1. The number of rotatable bonds is 5. The standard InChI is InChI=1S/C29H36N2O5S/c1-17(2)14-20(16-32)31-24-26(34)30(21-15-18(3)8-9-19(21)4)12-6-11-29(24)22(25(31)33)23-27(35)36-13-7-10-28(23,5)37-29/h6-11,15,17,20,22-24,32H,12-14,16H2,1-5H3/t20-,22+,23+,24?,28-,29+/m1/s1. The molecule has 1 aromatic carbocycles. The zero-order valence-corrected chi connectivity index (χ0v) is 23.0. The predicted molar refractivity (Wildman–Crippen MR) is 144 cm³/mol. The van der Waals surface area contributed by atoms with Gasteiger partial charge < -0.3 is 19.6 Å². The Bertz CT molecular complexity index is 1190. The van der Waals surface area contributed by atoms with Gasteiger partial charge in [-0.2, -0.15) is 0 Å². The van der Waals surface area contributed by atoms with Gasteiger partial charge in [-0.25, -0.2) is 0 Å². The number of cyclic esters (lactones) is 1. The molecule has 7 nitrogen and oxygen atoms in total. The van der Waals surface area contributed by atoms with E-state index in [4.69, 9.17) is 4.74 Å². The van der Waals surface area contributed by atoms with Crippen molar-refractivity contribution >= 4 is 35.2 Å². The Kier molecular flexibility index (Phi) is 6.55. The number of nitrogens with zero attached hydrogens (tertiary/aromatic N) is 2. The lowest BCUT2D eigenvalue weighted by Gasteiger charge is -2.40. The third-order valence-electron chi connectivity index (χ3n) is 8.25. The Morgan fingerprint density at radius 1 is 1.11 bits per heavy atom. The predicted octanol–water partition coefficient (Wildman–Crippen LogP) is 3.41. The SMILES string of the molecule is Cc1ccc(C)c(N2CC=C[C@]34S[C@]5(C)C=CCOC(=O)[C@@H]5[C@H]3C(=O)N([C@@H](CO)CC(C)C)C4C2=O)c1. The highest BCUT2D eigenvalue weighted by atomic mass is 32.2. The summed E-state index contributed by atoms with van der Waals surface area (Å²) < 4.78 is 3.86. The van der Waals surface area contributed by atoms with Crippen LogP contribution >= 0.6 is 11.8 Å². The maximum absolute atomic E-state index is 14.6. The minimum Gasteiger partial charge on any atom is -0.461 e. The fourth-order valence-corrected chi connectivity index (χ4v) is 8.87. The van der Waals surface area contributed by atoms with Gasteiger partial charge in [0.05, 0.1) is 29.2 Å². The van der Waals surface area contributed by atoms with Crippen LogP contribution in [0.2, 0.25) is 0 Å². The molecule has 1 aromatic rings. The van der Waals surface area contributed by atoms with Gasteiger partial charge in [0, 0.05) is 17.0 Å². The molecule has 0 saturated carbocycles. The average molecular weight is 525 g/mol. The van der Waals surface area contributed by atoms with Gasteiger partial charge in [0.1, 0.15) is 12.6 Å². The van der Waals surface area contributed by atoms with Crippen molar-refractivity contribution in [1.82, 2.24) is 4.90 Å². The van der Waals surface area contributed by atoms with Crippen molar-refractivity contribution in [2.75, 3.05) is 24.7 Å². The lowest BCUT2D eigenvalue weighted by atomic mass is 9.75. The number of fused-ring (bicyclic) bond motifs is 2. The molecule has 1 unspecified atom stereocenters. The molecule has 8 heteroatoms. The minimum atomic E-state index is -0.953. The van der Waals surface area contributed by atoms with Crippen molar-refractivity contribution in [1.29, 1.82) is 0 Å². The van der Waals surface area contributed by atoms with Crippen molar-refractivity contribution in [3.63, 3.8) is 0 Å². The van der Waals surface area contributed by atoms with Crippen molar-refractivity contribution < 1.29 is 24.2 Å². The number of thioether (sulfide) groups is 1. The number of likely N-dealkylation sites (tertiary alicyclic amines) is 1. The van der Waals surface area contributed by atoms with Gasteiger partial charge in [0.15, 0.2) is 0 Å². The summed E-state index contributed by atoms with van der Waals surface area (Å²) in [6.45, 7) is 10.3. The largest absolute Gasteiger partial charge is 0.461 e. The Labute approximate surface area is 222 Å². The summed E-state index contributed by atoms with van der Waals surface area (Å²) in [6.07, 6.45) is 8.33. The molecule has 4 heterocycles. The molecule has 5 rings (SSSR count). The summed E-state index contributed by atoms with van der Waals surface area (Å²) >= 11 is 1.53. The molecule has 0 radical (unpaired) electrons. The van der Waals surface area contributed by atoms with Gasteiger partial charge >= 0.3 is 5.97 Å². The molecule has 198 valence electrons. The van der Waals surface area contributed by atoms with Crippen LogP contribution in [0.1, 0.15) is 38.3 Å². The summed E-state index contributed by atoms with van der Waals surface area (Å²) in [5, 5.41) is 10.5. The van der Waals surface area contributed by atoms with Gasteiger partial charge in [-0.15, -0.1) is 11.8 Å². The first-order valence-corrected chi connectivity index (χ1v) is 13.9. The van der Waals surface area contributed by atoms with E-state index < -0.39 is 39.4 Å². The van der Waals surface area contributed by atoms with E-state index >= 15 is 0 Å². The summed E-state index contributed by atoms with van der Waals surface area (Å²) in [5.74, 6) is -2.11. The number of ether oxygens (including phenoxy) is 1. The normalized spacial score (nSPS) is 33.7. The highest BCUT2D eigenvalue weighted by Gasteiger charge is 2.74. The molecule has 6 atom stereocenters. The Morgan fingerprint density at radius 3 is 2.57 bits per heavy atom. The number of amides is 2. The number of esters is 1. The summed E-state index contributed by atoms with van der Waals surface area (Å²) in [7, 11) is 0. The van der Waals surface area contributed by atoms with Gasteiger partial charge in [-0.1, -0.05) is 44.2 Å². The first-order chi connectivity index (χ1) is 17.5. The van der Waals surface area contributed by atoms with E-state index in [9.17, 15) is 19.5 Å². The number of anilines is 1. The Hall–Kier alpha value is -2.58. The molecule has 2 amide bonds. The van der Waals surface area contributed by atoms with E-state index in [-0.39, 0.29) is 30.9 Å². The Morgan fingerprint density at radius 2 is 1.86 bits per heavy atom. The van der Waals surface area contributed by atoms with Crippen LogP contribution in [0.25, 0.3) is 0 Å². The summed E-state index contributed by atoms with van der Waals surface area (Å²) in [6, 6.07) is 4.64. The molecule has 1 spiro atoms. The number of aliphatic hydroxyl groups is 1. The van der Waals surface area contributed by atoms with E-state index in [0.717, 1.165) is 16.8 Å². The highest BCUT2D eigenvalue weighted by Crippen LogP contribution is 2.65. The van der Waals surface area contributed by atoms with Crippen LogP contribution in [-0.2, 0) is 19.1 Å². The van der Waals surface area contributed by atoms with Crippen LogP contribution in [0.15, 0.2) is 42.5 Å². The monoisotopic (exact) mass is 524 g/mol. The summed E-state index contributed by atoms with van der Waals surface area (Å²) in [5.41, 5.74) is 2.83. The van der Waals surface area contributed by atoms with Gasteiger partial charge in [-0.05, 0) is 56.4 Å². The number of aryl methyl sites for hydroxylation is 2. The van der Waals surface area contributed by atoms with Crippen LogP contribution in [0.4, 0.5) is 5.69 Å². The molecule has 4 aliphatic heterocycles. The first-order valence-electron chi connectivity index (χ1n) is 13.1. The zero-order chi connectivity index (χ0) is 26.7. The molecule has 2 fully saturated rings. The smallest absolute Gasteiger partial charge is 0.311 e. The van der Waals surface area contributed by atoms with E-state index in [1.165, 1.54) is 11.8 Å². The molecular formula is C29H36N2O5S. The maximum Gasteiger partial charge on any atom is 0.311 e. The van der Waals surface area contributed by atoms with Crippen molar-refractivity contribution in [3.8, 4) is 0 Å². The third-order valence-corrected chi connectivity index (χ3v) is 10.1. The first kappa shape index (κ1) is 26.0. The van der Waals surface area contributed by atoms with Gasteiger partial charge in [0.25, 0.3) is 5.91 Å². The molecule has 37 heavy (non-hydrogen) atoms. The van der Waals surface area contributed by atoms with E-state index in [2.05, 4.69) is 0 Å². The molecular weight excluding hydrogens is 488 g/mol. The van der Waals surface area contributed by atoms with Crippen molar-refractivity contribution in [2.45, 2.75) is 62.6 Å². The summed E-state index contributed by atoms with van der Waals surface area (Å²) in [4.78, 5) is 45.7. The maximum atomic E-state index is 14.6. The molecule has 1 N–H and O–H groups in total. The van der Waals surface area contributed by atoms with Crippen LogP contribution < -0.4 is 4.90 Å². The van der Waals surface area contributed by atoms with E-state index in [1.54, 1.807) is 9.80 Å². The van der Waals surface area contributed by atoms with Gasteiger partial charge in [-0.3, -0.25) is 14.4 Å². The van der Waals surface area contributed by atoms with Crippen LogP contribution in [-0.4, -0.2) is 69.1 Å². The molecule has 0 aliphatic carbocycles. The lowest BCUT2D eigenvalue weighted by molar-refractivity contribution is -0.153. The lowest BCUT2D eigenvalue weighted by Crippen LogP contribution is -2.57. The van der Waals surface area contributed by atoms with Crippen molar-refractivity contribution in [2.24, 2.45) is 17.8 Å². The quantitative estimate of drug-likeness (QED) is 0.469. The number of carbonyl (C=O) groups excluding carboxylic acids is 3. The number of carbonyl (C=O) groups is 3. The number of aliphatic hydroxyl groups excluding tert-OH is 1. The average Bonchev–Trinajstić information content (AvgIpc) is 3.10. The van der Waals surface area contributed by atoms with Crippen molar-refractivity contribution in [3.05, 3.63) is 53.6 Å². The second-order valence-electron chi connectivity index (χ2n) is 11.4. The van der Waals surface area contributed by atoms with Crippen LogP contribution in [0.5, 0.6) is 0 Å². The van der Waals surface area contributed by atoms with E-state index in [0.29, 0.717) is 13.0 Å². The fraction of sp³-hybridized carbons (Fsp3) is 0.552. The molecule has 4 aliphatic rings. The minimum absolute atomic E-state index is 0.175. The number of benzene rings is 1. The topological polar surface area (TPSA) is 87.2 Å². The molecule has 2 saturated heterocycles. The molecule has 0 aromatic heterocycles. The molecule has 0 bridgehead atoms. The third kappa shape index (κ3) is 3.95. The second-order valence-corrected chi connectivity index (χ2v) is 13.2. The second kappa shape index (κ2) is 9.31. The number of hydrogen-bond acceptors (Lipinski definition) is 6. The van der Waals surface area contributed by atoms with Crippen LogP contribution in [0.3, 0.4) is 0 Å². The highest BCUT2D eigenvalue weighted by molar-refractivity contribution is 8.02. The van der Waals surface area contributed by atoms with Crippen LogP contribution in [0, 0.1) is 31.6 Å². The van der Waals surface area contributed by atoms with Gasteiger partial charge in [0.2, 0.25) is 5.91 Å². The number of hydrogen-bond donors (Lipinski definition) is 1. The fourth-order valence-electron chi connectivity index (χ4n) is 6.73. The van der Waals surface area contributed by atoms with E-state index in [1.807, 2.05) is 77.1 Å². The Balaban J connectivity index is 1.69.